The van der Waals surface area contributed by atoms with Crippen LogP contribution in [0.2, 0.25) is 5.02 Å². The van der Waals surface area contributed by atoms with Gasteiger partial charge in [-0.05, 0) is 48.5 Å². The number of carbonyl (C=O) groups excluding carboxylic acids is 2. The van der Waals surface area contributed by atoms with Gasteiger partial charge in [0.15, 0.2) is 0 Å². The van der Waals surface area contributed by atoms with E-state index in [0.717, 1.165) is 4.31 Å². The van der Waals surface area contributed by atoms with Gasteiger partial charge in [0, 0.05) is 11.3 Å². The lowest BCUT2D eigenvalue weighted by Gasteiger charge is -2.25. The largest absolute Gasteiger partial charge is 0.366 e. The lowest BCUT2D eigenvalue weighted by molar-refractivity contribution is -0.114. The zero-order valence-electron chi connectivity index (χ0n) is 15.7. The Morgan fingerprint density at radius 1 is 0.900 bits per heavy atom. The summed E-state index contributed by atoms with van der Waals surface area (Å²) in [6, 6.07) is 20.1. The average Bonchev–Trinajstić information content (AvgIpc) is 2.73. The molecule has 0 aliphatic carbocycles. The van der Waals surface area contributed by atoms with Gasteiger partial charge in [-0.2, -0.15) is 0 Å². The van der Waals surface area contributed by atoms with Crippen molar-refractivity contribution in [3.8, 4) is 0 Å². The van der Waals surface area contributed by atoms with Crippen molar-refractivity contribution in [2.75, 3.05) is 16.2 Å². The Balaban J connectivity index is 1.90. The van der Waals surface area contributed by atoms with Gasteiger partial charge in [-0.3, -0.25) is 13.9 Å². The van der Waals surface area contributed by atoms with Crippen molar-refractivity contribution in [2.45, 2.75) is 4.90 Å². The van der Waals surface area contributed by atoms with Crippen LogP contribution in [0.25, 0.3) is 0 Å². The monoisotopic (exact) mass is 443 g/mol. The molecule has 0 atom stereocenters. The summed E-state index contributed by atoms with van der Waals surface area (Å²) in [4.78, 5) is 23.8. The average molecular weight is 444 g/mol. The number of nitrogens with two attached hydrogens (primary N) is 1. The van der Waals surface area contributed by atoms with Crippen molar-refractivity contribution >= 4 is 44.8 Å². The number of nitrogens with zero attached hydrogens (tertiary/aromatic N) is 1. The quantitative estimate of drug-likeness (QED) is 0.583. The van der Waals surface area contributed by atoms with Crippen LogP contribution in [-0.4, -0.2) is 26.8 Å². The fourth-order valence-corrected chi connectivity index (χ4v) is 4.47. The van der Waals surface area contributed by atoms with Crippen molar-refractivity contribution in [1.82, 2.24) is 0 Å². The number of benzene rings is 3. The van der Waals surface area contributed by atoms with Crippen LogP contribution < -0.4 is 15.4 Å². The molecule has 154 valence electrons. The molecule has 0 fully saturated rings. The van der Waals surface area contributed by atoms with Crippen LogP contribution in [0, 0.1) is 0 Å². The maximum absolute atomic E-state index is 13.2. The number of hydrogen-bond donors (Lipinski definition) is 2. The van der Waals surface area contributed by atoms with E-state index in [1.54, 1.807) is 36.4 Å². The molecule has 7 nitrogen and oxygen atoms in total. The predicted molar refractivity (Wildman–Crippen MR) is 116 cm³/mol. The summed E-state index contributed by atoms with van der Waals surface area (Å²) >= 11 is 6.22. The molecule has 30 heavy (non-hydrogen) atoms. The highest BCUT2D eigenvalue weighted by Gasteiger charge is 2.28. The second kappa shape index (κ2) is 8.98. The standard InChI is InChI=1S/C21H18ClN3O4S/c22-18-8-4-5-9-19(18)25(30(28,29)17-6-2-1-3-7-17)14-20(26)24-16-12-10-15(11-13-16)21(23)27/h1-13H,14H2,(H2,23,27)(H,24,26). The second-order valence-corrected chi connectivity index (χ2v) is 8.54. The van der Waals surface area contributed by atoms with Crippen LogP contribution in [0.3, 0.4) is 0 Å². The van der Waals surface area contributed by atoms with Crippen LogP contribution in [-0.2, 0) is 14.8 Å². The predicted octanol–water partition coefficient (Wildman–Crippen LogP) is 3.27. The molecular formula is C21H18ClN3O4S. The van der Waals surface area contributed by atoms with Gasteiger partial charge in [0.25, 0.3) is 10.0 Å². The number of primary amides is 1. The number of halogens is 1. The minimum atomic E-state index is -4.06. The van der Waals surface area contributed by atoms with E-state index in [1.165, 1.54) is 42.5 Å². The third kappa shape index (κ3) is 4.79. The van der Waals surface area contributed by atoms with Crippen LogP contribution >= 0.6 is 11.6 Å². The number of para-hydroxylation sites is 1. The van der Waals surface area contributed by atoms with E-state index in [2.05, 4.69) is 5.32 Å². The number of hydrogen-bond acceptors (Lipinski definition) is 4. The molecule has 0 unspecified atom stereocenters. The highest BCUT2D eigenvalue weighted by atomic mass is 35.5. The molecule has 0 aliphatic rings. The number of sulfonamides is 1. The Morgan fingerprint density at radius 2 is 1.50 bits per heavy atom. The minimum absolute atomic E-state index is 0.0310. The first-order valence-corrected chi connectivity index (χ1v) is 10.6. The summed E-state index contributed by atoms with van der Waals surface area (Å²) < 4.78 is 27.4. The summed E-state index contributed by atoms with van der Waals surface area (Å²) in [6.07, 6.45) is 0. The number of carbonyl (C=O) groups is 2. The van der Waals surface area contributed by atoms with Crippen molar-refractivity contribution in [1.29, 1.82) is 0 Å². The highest BCUT2D eigenvalue weighted by molar-refractivity contribution is 7.92. The second-order valence-electron chi connectivity index (χ2n) is 6.27. The van der Waals surface area contributed by atoms with E-state index in [9.17, 15) is 18.0 Å². The summed E-state index contributed by atoms with van der Waals surface area (Å²) in [5, 5.41) is 2.80. The van der Waals surface area contributed by atoms with Crippen LogP contribution in [0.1, 0.15) is 10.4 Å². The van der Waals surface area contributed by atoms with Crippen molar-refractivity contribution in [2.24, 2.45) is 5.73 Å². The summed E-state index contributed by atoms with van der Waals surface area (Å²) in [6.45, 7) is -0.501. The third-order valence-corrected chi connectivity index (χ3v) is 6.29. The van der Waals surface area contributed by atoms with Crippen LogP contribution in [0.5, 0.6) is 0 Å². The van der Waals surface area contributed by atoms with E-state index in [4.69, 9.17) is 17.3 Å². The van der Waals surface area contributed by atoms with Gasteiger partial charge in [0.1, 0.15) is 6.54 Å². The molecule has 3 N–H and O–H groups in total. The van der Waals surface area contributed by atoms with Gasteiger partial charge in [0.05, 0.1) is 15.6 Å². The molecule has 0 saturated carbocycles. The van der Waals surface area contributed by atoms with E-state index in [1.807, 2.05) is 0 Å². The maximum atomic E-state index is 13.2. The Morgan fingerprint density at radius 3 is 2.10 bits per heavy atom. The van der Waals surface area contributed by atoms with Crippen LogP contribution in [0.4, 0.5) is 11.4 Å². The SMILES string of the molecule is NC(=O)c1ccc(NC(=O)CN(c2ccccc2Cl)S(=O)(=O)c2ccccc2)cc1. The van der Waals surface area contributed by atoms with E-state index in [-0.39, 0.29) is 21.2 Å². The summed E-state index contributed by atoms with van der Waals surface area (Å²) in [5.41, 5.74) is 6.06. The molecule has 2 amide bonds. The lowest BCUT2D eigenvalue weighted by atomic mass is 10.2. The molecule has 0 radical (unpaired) electrons. The third-order valence-electron chi connectivity index (χ3n) is 4.19. The highest BCUT2D eigenvalue weighted by Crippen LogP contribution is 2.30. The Labute approximate surface area is 179 Å². The molecule has 0 saturated heterocycles. The van der Waals surface area contributed by atoms with E-state index in [0.29, 0.717) is 5.69 Å². The lowest BCUT2D eigenvalue weighted by Crippen LogP contribution is -2.38. The first-order valence-electron chi connectivity index (χ1n) is 8.81. The smallest absolute Gasteiger partial charge is 0.264 e. The van der Waals surface area contributed by atoms with Gasteiger partial charge >= 0.3 is 0 Å². The maximum Gasteiger partial charge on any atom is 0.264 e. The minimum Gasteiger partial charge on any atom is -0.366 e. The van der Waals surface area contributed by atoms with Gasteiger partial charge in [-0.25, -0.2) is 8.42 Å². The normalized spacial score (nSPS) is 11.0. The number of nitrogens with one attached hydrogen (secondary N) is 1. The van der Waals surface area contributed by atoms with Crippen molar-refractivity contribution in [3.63, 3.8) is 0 Å². The molecule has 3 aromatic rings. The van der Waals surface area contributed by atoms with Gasteiger partial charge < -0.3 is 11.1 Å². The molecule has 3 aromatic carbocycles. The van der Waals surface area contributed by atoms with E-state index < -0.39 is 28.4 Å². The Bertz CT molecular complexity index is 1170. The summed E-state index contributed by atoms with van der Waals surface area (Å²) in [7, 11) is -4.06. The first-order chi connectivity index (χ1) is 14.3. The van der Waals surface area contributed by atoms with Gasteiger partial charge in [-0.15, -0.1) is 0 Å². The van der Waals surface area contributed by atoms with Gasteiger partial charge in [-0.1, -0.05) is 41.9 Å². The Hall–Kier alpha value is -3.36. The molecule has 0 heterocycles. The van der Waals surface area contributed by atoms with Crippen molar-refractivity contribution < 1.29 is 18.0 Å². The molecule has 3 rings (SSSR count). The fourth-order valence-electron chi connectivity index (χ4n) is 2.72. The molecule has 0 aliphatic heterocycles. The first kappa shape index (κ1) is 21.4. The zero-order valence-corrected chi connectivity index (χ0v) is 17.2. The molecule has 0 aromatic heterocycles. The van der Waals surface area contributed by atoms with Crippen LogP contribution in [0.15, 0.2) is 83.8 Å². The summed E-state index contributed by atoms with van der Waals surface area (Å²) in [5.74, 6) is -1.17. The number of amides is 2. The molecular weight excluding hydrogens is 426 g/mol. The van der Waals surface area contributed by atoms with Gasteiger partial charge in [0.2, 0.25) is 11.8 Å². The number of anilines is 2. The Kier molecular flexibility index (Phi) is 6.39. The molecule has 0 bridgehead atoms. The topological polar surface area (TPSA) is 110 Å². The molecule has 9 heteroatoms. The zero-order chi connectivity index (χ0) is 21.7. The molecule has 0 spiro atoms. The van der Waals surface area contributed by atoms with E-state index >= 15 is 0 Å². The fraction of sp³-hybridized carbons (Fsp3) is 0.0476. The van der Waals surface area contributed by atoms with Crippen molar-refractivity contribution in [3.05, 3.63) is 89.4 Å². The number of rotatable bonds is 7.